The highest BCUT2D eigenvalue weighted by atomic mass is 16.7. The van der Waals surface area contributed by atoms with Crippen molar-refractivity contribution >= 4 is 11.7 Å². The minimum atomic E-state index is -0.828. The lowest BCUT2D eigenvalue weighted by Gasteiger charge is -2.31. The first-order chi connectivity index (χ1) is 12.9. The number of esters is 1. The van der Waals surface area contributed by atoms with E-state index in [0.29, 0.717) is 11.3 Å². The minimum Gasteiger partial charge on any atom is -0.462 e. The van der Waals surface area contributed by atoms with Crippen LogP contribution in [0.15, 0.2) is 47.4 Å². The van der Waals surface area contributed by atoms with Crippen molar-refractivity contribution in [3.63, 3.8) is 0 Å². The van der Waals surface area contributed by atoms with Crippen LogP contribution in [0, 0.1) is 17.2 Å². The van der Waals surface area contributed by atoms with Gasteiger partial charge in [0.05, 0.1) is 36.9 Å². The Morgan fingerprint density at radius 2 is 2.07 bits per heavy atom. The van der Waals surface area contributed by atoms with Gasteiger partial charge in [0.25, 0.3) is 0 Å². The van der Waals surface area contributed by atoms with E-state index in [1.165, 1.54) is 0 Å². The summed E-state index contributed by atoms with van der Waals surface area (Å²) >= 11 is 0. The molecule has 2 heterocycles. The maximum absolute atomic E-state index is 12.6. The van der Waals surface area contributed by atoms with Crippen LogP contribution in [0.5, 0.6) is 0 Å². The number of carbonyl (C=O) groups excluding carboxylic acids is 1. The number of nitrogens with two attached hydrogens (primary N) is 1. The van der Waals surface area contributed by atoms with Gasteiger partial charge in [-0.1, -0.05) is 30.3 Å². The van der Waals surface area contributed by atoms with E-state index in [-0.39, 0.29) is 30.2 Å². The van der Waals surface area contributed by atoms with Crippen molar-refractivity contribution in [3.05, 3.63) is 52.9 Å². The number of nitriles is 1. The van der Waals surface area contributed by atoms with E-state index >= 15 is 0 Å². The van der Waals surface area contributed by atoms with Crippen molar-refractivity contribution in [2.45, 2.75) is 32.7 Å². The molecule has 2 atom stereocenters. The largest absolute Gasteiger partial charge is 0.462 e. The Hall–Kier alpha value is -2.82. The van der Waals surface area contributed by atoms with Crippen LogP contribution in [0.4, 0.5) is 0 Å². The van der Waals surface area contributed by atoms with Crippen molar-refractivity contribution in [2.75, 3.05) is 13.2 Å². The average Bonchev–Trinajstić information content (AvgIpc) is 3.01. The topological polar surface area (TPSA) is 104 Å². The summed E-state index contributed by atoms with van der Waals surface area (Å²) in [5, 5.41) is 9.90. The molecule has 0 radical (unpaired) electrons. The van der Waals surface area contributed by atoms with Gasteiger partial charge < -0.3 is 24.7 Å². The molecule has 2 aliphatic rings. The molecule has 1 fully saturated rings. The Balaban J connectivity index is 2.12. The third-order valence-electron chi connectivity index (χ3n) is 4.40. The standard InChI is InChI=1S/C20H22N2O5/c1-4-24-19(23)16-15(14-11-25-20(2,3)27-14)13(10-21)17(26-18(16)22)12-8-6-5-7-9-12/h5-9,14-15H,4,11,22H2,1-3H3/t14-,15-/m1/s1. The van der Waals surface area contributed by atoms with Gasteiger partial charge >= 0.3 is 5.97 Å². The fraction of sp³-hybridized carbons (Fsp3) is 0.400. The van der Waals surface area contributed by atoms with E-state index in [1.807, 2.05) is 30.3 Å². The Bertz CT molecular complexity index is 836. The van der Waals surface area contributed by atoms with E-state index in [4.69, 9.17) is 24.7 Å². The van der Waals surface area contributed by atoms with Gasteiger partial charge in [-0.25, -0.2) is 4.79 Å². The van der Waals surface area contributed by atoms with Crippen LogP contribution in [0.3, 0.4) is 0 Å². The van der Waals surface area contributed by atoms with Gasteiger partial charge in [0.15, 0.2) is 11.5 Å². The van der Waals surface area contributed by atoms with Crippen molar-refractivity contribution in [1.82, 2.24) is 0 Å². The van der Waals surface area contributed by atoms with Crippen LogP contribution in [0.25, 0.3) is 5.76 Å². The fourth-order valence-corrected chi connectivity index (χ4v) is 3.27. The Kier molecular flexibility index (Phi) is 5.22. The molecule has 2 aliphatic heterocycles. The van der Waals surface area contributed by atoms with Crippen LogP contribution < -0.4 is 5.73 Å². The number of benzene rings is 1. The third kappa shape index (κ3) is 3.68. The molecule has 3 rings (SSSR count). The number of rotatable bonds is 4. The van der Waals surface area contributed by atoms with Gasteiger partial charge in [0.2, 0.25) is 5.88 Å². The second-order valence-corrected chi connectivity index (χ2v) is 6.67. The molecule has 7 heteroatoms. The minimum absolute atomic E-state index is 0.0828. The van der Waals surface area contributed by atoms with E-state index < -0.39 is 23.8 Å². The van der Waals surface area contributed by atoms with E-state index in [1.54, 1.807) is 20.8 Å². The second kappa shape index (κ2) is 7.43. The predicted molar refractivity (Wildman–Crippen MR) is 96.3 cm³/mol. The van der Waals surface area contributed by atoms with E-state index in [9.17, 15) is 10.1 Å². The zero-order valence-electron chi connectivity index (χ0n) is 15.5. The van der Waals surface area contributed by atoms with Crippen molar-refractivity contribution < 1.29 is 23.7 Å². The molecular formula is C20H22N2O5. The highest BCUT2D eigenvalue weighted by molar-refractivity contribution is 5.92. The highest BCUT2D eigenvalue weighted by Crippen LogP contribution is 2.42. The number of ether oxygens (including phenoxy) is 4. The average molecular weight is 370 g/mol. The molecule has 1 aromatic carbocycles. The molecule has 1 saturated heterocycles. The summed E-state index contributed by atoms with van der Waals surface area (Å²) in [5.41, 5.74) is 7.12. The smallest absolute Gasteiger partial charge is 0.340 e. The summed E-state index contributed by atoms with van der Waals surface area (Å²) in [7, 11) is 0. The van der Waals surface area contributed by atoms with Crippen molar-refractivity contribution in [2.24, 2.45) is 11.7 Å². The first kappa shape index (κ1) is 19.0. The third-order valence-corrected chi connectivity index (χ3v) is 4.40. The van der Waals surface area contributed by atoms with Crippen molar-refractivity contribution in [3.8, 4) is 6.07 Å². The summed E-state index contributed by atoms with van der Waals surface area (Å²) in [6.07, 6.45) is -0.574. The molecule has 7 nitrogen and oxygen atoms in total. The lowest BCUT2D eigenvalue weighted by atomic mass is 9.83. The SMILES string of the molecule is CCOC(=O)C1=C(N)OC(c2ccccc2)=C(C#N)[C@@H]1[C@H]1COC(C)(C)O1. The van der Waals surface area contributed by atoms with Gasteiger partial charge in [0, 0.05) is 5.56 Å². The van der Waals surface area contributed by atoms with Crippen molar-refractivity contribution in [1.29, 1.82) is 5.26 Å². The van der Waals surface area contributed by atoms with Crippen LogP contribution in [0.1, 0.15) is 26.3 Å². The zero-order valence-corrected chi connectivity index (χ0v) is 15.5. The molecule has 0 saturated carbocycles. The fourth-order valence-electron chi connectivity index (χ4n) is 3.27. The molecule has 0 aliphatic carbocycles. The summed E-state index contributed by atoms with van der Waals surface area (Å²) in [6, 6.07) is 11.3. The molecular weight excluding hydrogens is 348 g/mol. The lowest BCUT2D eigenvalue weighted by molar-refractivity contribution is -0.146. The van der Waals surface area contributed by atoms with Crippen LogP contribution in [0.2, 0.25) is 0 Å². The lowest BCUT2D eigenvalue weighted by Crippen LogP contribution is -2.36. The molecule has 27 heavy (non-hydrogen) atoms. The number of hydrogen-bond acceptors (Lipinski definition) is 7. The summed E-state index contributed by atoms with van der Waals surface area (Å²) in [6.45, 7) is 5.63. The van der Waals surface area contributed by atoms with Crippen LogP contribution >= 0.6 is 0 Å². The van der Waals surface area contributed by atoms with Gasteiger partial charge in [-0.15, -0.1) is 0 Å². The maximum atomic E-state index is 12.6. The quantitative estimate of drug-likeness (QED) is 0.812. The predicted octanol–water partition coefficient (Wildman–Crippen LogP) is 2.45. The van der Waals surface area contributed by atoms with E-state index in [0.717, 1.165) is 0 Å². The molecule has 0 spiro atoms. The Morgan fingerprint density at radius 1 is 1.37 bits per heavy atom. The van der Waals surface area contributed by atoms with Gasteiger partial charge in [-0.2, -0.15) is 5.26 Å². The van der Waals surface area contributed by atoms with E-state index in [2.05, 4.69) is 6.07 Å². The van der Waals surface area contributed by atoms with Crippen LogP contribution in [-0.4, -0.2) is 31.1 Å². The summed E-state index contributed by atoms with van der Waals surface area (Å²) in [5.74, 6) is -2.00. The molecule has 2 N–H and O–H groups in total. The second-order valence-electron chi connectivity index (χ2n) is 6.67. The normalized spacial score (nSPS) is 24.4. The van der Waals surface area contributed by atoms with Crippen LogP contribution in [-0.2, 0) is 23.7 Å². The Labute approximate surface area is 157 Å². The Morgan fingerprint density at radius 3 is 2.63 bits per heavy atom. The van der Waals surface area contributed by atoms with Gasteiger partial charge in [-0.3, -0.25) is 0 Å². The highest BCUT2D eigenvalue weighted by Gasteiger charge is 2.47. The first-order valence-electron chi connectivity index (χ1n) is 8.74. The van der Waals surface area contributed by atoms with Gasteiger partial charge in [0.1, 0.15) is 5.57 Å². The number of hydrogen-bond donors (Lipinski definition) is 1. The molecule has 0 aromatic heterocycles. The first-order valence-corrected chi connectivity index (χ1v) is 8.74. The maximum Gasteiger partial charge on any atom is 0.340 e. The number of carbonyl (C=O) groups is 1. The molecule has 0 amide bonds. The van der Waals surface area contributed by atoms with Gasteiger partial charge in [-0.05, 0) is 20.8 Å². The zero-order chi connectivity index (χ0) is 19.6. The molecule has 0 bridgehead atoms. The monoisotopic (exact) mass is 370 g/mol. The molecule has 0 unspecified atom stereocenters. The molecule has 1 aromatic rings. The number of nitrogens with zero attached hydrogens (tertiary/aromatic N) is 1. The summed E-state index contributed by atoms with van der Waals surface area (Å²) in [4.78, 5) is 12.6. The molecule has 142 valence electrons. The summed E-state index contributed by atoms with van der Waals surface area (Å²) < 4.78 is 22.5.